The van der Waals surface area contributed by atoms with Crippen molar-refractivity contribution < 1.29 is 19.0 Å². The van der Waals surface area contributed by atoms with Gasteiger partial charge in [0, 0.05) is 37.4 Å². The van der Waals surface area contributed by atoms with Crippen molar-refractivity contribution in [1.82, 2.24) is 19.4 Å². The molecule has 178 valence electrons. The summed E-state index contributed by atoms with van der Waals surface area (Å²) >= 11 is 0. The summed E-state index contributed by atoms with van der Waals surface area (Å²) in [6.45, 7) is 4.12. The van der Waals surface area contributed by atoms with E-state index in [9.17, 15) is 9.59 Å². The standard InChI is InChI=1S/C25H28N4O5/c1-32-20-9-14(25(31)33-2)8-19-24(20)27-21(29(19)10-15-6-7-34-15)13-28-11-16-17(12-28)23(16)18-4-3-5-22(30)26-18/h3-5,8-9,15-17,23H,6-7,10-13H2,1-2H3,(H,26,30)/t15-,16?,17?,23?/m0/s1. The lowest BCUT2D eigenvalue weighted by Gasteiger charge is -2.28. The molecule has 6 rings (SSSR count). The third-order valence-electron chi connectivity index (χ3n) is 7.50. The van der Waals surface area contributed by atoms with Gasteiger partial charge in [0.05, 0.1) is 44.5 Å². The molecular formula is C25H28N4O5. The molecule has 1 aliphatic carbocycles. The molecule has 9 nitrogen and oxygen atoms in total. The molecule has 9 heteroatoms. The fourth-order valence-electron chi connectivity index (χ4n) is 5.65. The van der Waals surface area contributed by atoms with Crippen molar-refractivity contribution in [2.75, 3.05) is 33.9 Å². The third kappa shape index (κ3) is 3.59. The molecule has 0 radical (unpaired) electrons. The molecule has 0 amide bonds. The number of rotatable bonds is 7. The molecule has 3 atom stereocenters. The van der Waals surface area contributed by atoms with E-state index >= 15 is 0 Å². The first-order chi connectivity index (χ1) is 16.6. The van der Waals surface area contributed by atoms with Crippen molar-refractivity contribution in [3.05, 3.63) is 57.8 Å². The van der Waals surface area contributed by atoms with Crippen LogP contribution in [0.4, 0.5) is 0 Å². The van der Waals surface area contributed by atoms with Crippen LogP contribution in [-0.2, 0) is 22.6 Å². The zero-order valence-electron chi connectivity index (χ0n) is 19.3. The molecule has 2 unspecified atom stereocenters. The number of aromatic amines is 1. The minimum atomic E-state index is -0.404. The smallest absolute Gasteiger partial charge is 0.338 e. The molecule has 3 aromatic rings. The number of esters is 1. The van der Waals surface area contributed by atoms with Crippen LogP contribution in [-0.4, -0.2) is 65.4 Å². The summed E-state index contributed by atoms with van der Waals surface area (Å²) in [6, 6.07) is 8.94. The molecule has 2 saturated heterocycles. The monoisotopic (exact) mass is 464 g/mol. The fraction of sp³-hybridized carbons (Fsp3) is 0.480. The second kappa shape index (κ2) is 8.25. The quantitative estimate of drug-likeness (QED) is 0.535. The van der Waals surface area contributed by atoms with E-state index < -0.39 is 5.97 Å². The van der Waals surface area contributed by atoms with Gasteiger partial charge in [-0.1, -0.05) is 6.07 Å². The summed E-state index contributed by atoms with van der Waals surface area (Å²) < 4.78 is 18.4. The lowest BCUT2D eigenvalue weighted by Crippen LogP contribution is -2.33. The number of piperidine rings is 1. The third-order valence-corrected chi connectivity index (χ3v) is 7.50. The molecule has 1 saturated carbocycles. The van der Waals surface area contributed by atoms with E-state index in [4.69, 9.17) is 19.2 Å². The number of nitrogens with one attached hydrogen (secondary N) is 1. The summed E-state index contributed by atoms with van der Waals surface area (Å²) in [7, 11) is 2.96. The number of H-pyrrole nitrogens is 1. The SMILES string of the molecule is COC(=O)c1cc(OC)c2nc(CN3CC4C(C3)C4c3cccc(=O)[nH]3)n(C[C@@H]3CCO3)c2c1. The van der Waals surface area contributed by atoms with Crippen LogP contribution in [0.2, 0.25) is 0 Å². The Labute approximate surface area is 196 Å². The minimum Gasteiger partial charge on any atom is -0.494 e. The topological polar surface area (TPSA) is 98.7 Å². The van der Waals surface area contributed by atoms with Crippen LogP contribution < -0.4 is 10.3 Å². The van der Waals surface area contributed by atoms with E-state index in [0.717, 1.165) is 48.7 Å². The van der Waals surface area contributed by atoms with Crippen LogP contribution in [0, 0.1) is 11.8 Å². The fourth-order valence-corrected chi connectivity index (χ4v) is 5.65. The van der Waals surface area contributed by atoms with E-state index in [1.807, 2.05) is 18.2 Å². The second-order valence-electron chi connectivity index (χ2n) is 9.48. The maximum Gasteiger partial charge on any atom is 0.338 e. The number of ether oxygens (including phenoxy) is 3. The van der Waals surface area contributed by atoms with Gasteiger partial charge in [-0.3, -0.25) is 9.69 Å². The van der Waals surface area contributed by atoms with E-state index in [1.54, 1.807) is 19.2 Å². The van der Waals surface area contributed by atoms with Crippen LogP contribution in [0.5, 0.6) is 5.75 Å². The number of aromatic nitrogens is 3. The van der Waals surface area contributed by atoms with Crippen LogP contribution in [0.25, 0.3) is 11.0 Å². The van der Waals surface area contributed by atoms with Crippen molar-refractivity contribution in [2.45, 2.75) is 31.5 Å². The summed E-state index contributed by atoms with van der Waals surface area (Å²) in [6.07, 6.45) is 1.16. The predicted octanol–water partition coefficient (Wildman–Crippen LogP) is 2.15. The number of carbonyl (C=O) groups is 1. The van der Waals surface area contributed by atoms with Crippen LogP contribution in [0.1, 0.15) is 34.2 Å². The number of imidazole rings is 1. The first-order valence-corrected chi connectivity index (χ1v) is 11.7. The molecule has 2 aliphatic heterocycles. The van der Waals surface area contributed by atoms with Crippen molar-refractivity contribution in [2.24, 2.45) is 11.8 Å². The number of pyridine rings is 1. The largest absolute Gasteiger partial charge is 0.494 e. The van der Waals surface area contributed by atoms with Crippen molar-refractivity contribution in [3.8, 4) is 5.75 Å². The lowest BCUT2D eigenvalue weighted by atomic mass is 10.1. The Hall–Kier alpha value is -3.17. The van der Waals surface area contributed by atoms with Gasteiger partial charge in [0.1, 0.15) is 17.1 Å². The van der Waals surface area contributed by atoms with Gasteiger partial charge in [-0.05, 0) is 36.5 Å². The number of methoxy groups -OCH3 is 2. The Balaban J connectivity index is 1.28. The Morgan fingerprint density at radius 2 is 2.03 bits per heavy atom. The van der Waals surface area contributed by atoms with Gasteiger partial charge in [0.15, 0.2) is 0 Å². The number of hydrogen-bond donors (Lipinski definition) is 1. The van der Waals surface area contributed by atoms with E-state index in [2.05, 4.69) is 14.5 Å². The van der Waals surface area contributed by atoms with Gasteiger partial charge in [-0.2, -0.15) is 0 Å². The number of likely N-dealkylation sites (tertiary alicyclic amines) is 1. The van der Waals surface area contributed by atoms with Gasteiger partial charge >= 0.3 is 5.97 Å². The number of benzene rings is 1. The van der Waals surface area contributed by atoms with Crippen LogP contribution in [0.15, 0.2) is 35.1 Å². The number of carbonyl (C=O) groups excluding carboxylic acids is 1. The first-order valence-electron chi connectivity index (χ1n) is 11.7. The zero-order chi connectivity index (χ0) is 23.4. The van der Waals surface area contributed by atoms with E-state index in [-0.39, 0.29) is 11.7 Å². The number of nitrogens with zero attached hydrogens (tertiary/aromatic N) is 3. The molecular weight excluding hydrogens is 436 g/mol. The molecule has 34 heavy (non-hydrogen) atoms. The van der Waals surface area contributed by atoms with Crippen LogP contribution in [0.3, 0.4) is 0 Å². The second-order valence-corrected chi connectivity index (χ2v) is 9.48. The summed E-state index contributed by atoms with van der Waals surface area (Å²) in [5.41, 5.74) is 3.06. The molecule has 3 aliphatic rings. The Bertz CT molecular complexity index is 1300. The van der Waals surface area contributed by atoms with Gasteiger partial charge in [-0.15, -0.1) is 0 Å². The Kier molecular flexibility index (Phi) is 5.18. The first kappa shape index (κ1) is 21.4. The van der Waals surface area contributed by atoms with Gasteiger partial charge in [0.25, 0.3) is 0 Å². The van der Waals surface area contributed by atoms with Gasteiger partial charge < -0.3 is 23.8 Å². The minimum absolute atomic E-state index is 0.0356. The summed E-state index contributed by atoms with van der Waals surface area (Å²) in [4.78, 5) is 34.3. The van der Waals surface area contributed by atoms with Crippen molar-refractivity contribution >= 4 is 17.0 Å². The average Bonchev–Trinajstić information content (AvgIpc) is 3.13. The molecule has 3 fully saturated rings. The highest BCUT2D eigenvalue weighted by molar-refractivity contribution is 5.96. The highest BCUT2D eigenvalue weighted by Crippen LogP contribution is 2.57. The summed E-state index contributed by atoms with van der Waals surface area (Å²) in [5, 5.41) is 0. The Morgan fingerprint density at radius 3 is 2.68 bits per heavy atom. The Morgan fingerprint density at radius 1 is 1.24 bits per heavy atom. The number of fused-ring (bicyclic) bond motifs is 2. The van der Waals surface area contributed by atoms with Crippen molar-refractivity contribution in [3.63, 3.8) is 0 Å². The molecule has 1 N–H and O–H groups in total. The van der Waals surface area contributed by atoms with E-state index in [1.165, 1.54) is 7.11 Å². The highest BCUT2D eigenvalue weighted by atomic mass is 16.5. The normalized spacial score (nSPS) is 25.7. The van der Waals surface area contributed by atoms with Gasteiger partial charge in [0.2, 0.25) is 5.56 Å². The molecule has 1 aromatic carbocycles. The zero-order valence-corrected chi connectivity index (χ0v) is 19.3. The molecule has 0 spiro atoms. The predicted molar refractivity (Wildman–Crippen MR) is 124 cm³/mol. The maximum atomic E-state index is 12.3. The highest BCUT2D eigenvalue weighted by Gasteiger charge is 2.56. The summed E-state index contributed by atoms with van der Waals surface area (Å²) in [5.74, 6) is 2.66. The van der Waals surface area contributed by atoms with E-state index in [0.29, 0.717) is 42.2 Å². The van der Waals surface area contributed by atoms with Crippen molar-refractivity contribution in [1.29, 1.82) is 0 Å². The average molecular weight is 465 g/mol. The molecule has 4 heterocycles. The lowest BCUT2D eigenvalue weighted by molar-refractivity contribution is -0.0591. The molecule has 0 bridgehead atoms. The molecule has 2 aromatic heterocycles. The number of hydrogen-bond acceptors (Lipinski definition) is 7. The van der Waals surface area contributed by atoms with Crippen LogP contribution >= 0.6 is 0 Å². The van der Waals surface area contributed by atoms with Gasteiger partial charge in [-0.25, -0.2) is 9.78 Å². The maximum absolute atomic E-state index is 12.3.